The average Bonchev–Trinajstić information content (AvgIpc) is 2.67. The lowest BCUT2D eigenvalue weighted by Crippen LogP contribution is -1.75. The number of aliphatic hydroxyl groups excluding tert-OH is 1. The van der Waals surface area contributed by atoms with Gasteiger partial charge in [0.25, 0.3) is 0 Å². The van der Waals surface area contributed by atoms with Gasteiger partial charge in [-0.15, -0.1) is 0 Å². The Balaban J connectivity index is 0.000000280. The van der Waals surface area contributed by atoms with Crippen molar-refractivity contribution in [2.24, 2.45) is 4.99 Å². The quantitative estimate of drug-likeness (QED) is 0.711. The molecule has 2 rings (SSSR count). The number of benzene rings is 1. The third-order valence-electron chi connectivity index (χ3n) is 1.53. The van der Waals surface area contributed by atoms with Crippen LogP contribution in [0.15, 0.2) is 29.3 Å². The molecule has 0 fully saturated rings. The molecule has 0 unspecified atom stereocenters. The minimum absolute atomic E-state index is 0.250. The van der Waals surface area contributed by atoms with Crippen molar-refractivity contribution in [3.05, 3.63) is 29.8 Å². The first-order chi connectivity index (χ1) is 7.29. The van der Waals surface area contributed by atoms with E-state index in [0.29, 0.717) is 0 Å². The van der Waals surface area contributed by atoms with Crippen molar-refractivity contribution in [3.63, 3.8) is 0 Å². The fourth-order valence-electron chi connectivity index (χ4n) is 1.05. The normalized spacial score (nSPS) is 10.7. The van der Waals surface area contributed by atoms with E-state index in [4.69, 9.17) is 5.11 Å². The van der Waals surface area contributed by atoms with Gasteiger partial charge in [0, 0.05) is 33.5 Å². The number of fused-ring (bicyclic) bond motifs is 1. The number of hydrogen-bond acceptors (Lipinski definition) is 3. The van der Waals surface area contributed by atoms with Crippen LogP contribution in [-0.4, -0.2) is 32.1 Å². The molecule has 1 aliphatic heterocycles. The van der Waals surface area contributed by atoms with Gasteiger partial charge in [-0.2, -0.15) is 0 Å². The van der Waals surface area contributed by atoms with Gasteiger partial charge in [-0.25, -0.2) is 0 Å². The largest absolute Gasteiger partial charge is 0.397 e. The highest BCUT2D eigenvalue weighted by molar-refractivity contribution is 5.75. The summed E-state index contributed by atoms with van der Waals surface area (Å²) in [5.74, 6) is 0. The smallest absolute Gasteiger partial charge is 0.0661 e. The Labute approximate surface area is 91.4 Å². The molecule has 0 atom stereocenters. The second-order valence-corrected chi connectivity index (χ2v) is 2.87. The third-order valence-corrected chi connectivity index (χ3v) is 1.53. The van der Waals surface area contributed by atoms with Crippen molar-refractivity contribution >= 4 is 11.9 Å². The highest BCUT2D eigenvalue weighted by atomic mass is 16.4. The Morgan fingerprint density at radius 3 is 2.40 bits per heavy atom. The lowest BCUT2D eigenvalue weighted by atomic mass is 10.2. The molecule has 15 heavy (non-hydrogen) atoms. The van der Waals surface area contributed by atoms with Crippen molar-refractivity contribution in [2.45, 2.75) is 13.3 Å². The predicted molar refractivity (Wildman–Crippen MR) is 64.0 cm³/mol. The molecule has 0 amide bonds. The Kier molecular flexibility index (Phi) is 8.63. The molecule has 3 heteroatoms. The first-order valence-corrected chi connectivity index (χ1v) is 4.91. The van der Waals surface area contributed by atoms with Crippen LogP contribution in [0.5, 0.6) is 0 Å². The predicted octanol–water partition coefficient (Wildman–Crippen LogP) is 2.21. The van der Waals surface area contributed by atoms with Crippen LogP contribution >= 0.6 is 0 Å². The molecule has 0 aromatic heterocycles. The van der Waals surface area contributed by atoms with E-state index in [-0.39, 0.29) is 6.61 Å². The number of aliphatic imine (C=N–C) groups is 1. The molecule has 0 saturated heterocycles. The van der Waals surface area contributed by atoms with Crippen molar-refractivity contribution in [2.75, 3.05) is 20.8 Å². The van der Waals surface area contributed by atoms with Gasteiger partial charge in [0.05, 0.1) is 5.69 Å². The second-order valence-electron chi connectivity index (χ2n) is 2.87. The lowest BCUT2D eigenvalue weighted by Gasteiger charge is -1.91. The molecule has 1 aromatic carbocycles. The molecule has 84 valence electrons. The number of methoxy groups -OCH3 is 1. The minimum Gasteiger partial charge on any atom is -0.397 e. The van der Waals surface area contributed by atoms with Crippen LogP contribution in [0.2, 0.25) is 0 Å². The first-order valence-electron chi connectivity index (χ1n) is 4.91. The van der Waals surface area contributed by atoms with E-state index in [1.165, 1.54) is 5.56 Å². The van der Waals surface area contributed by atoms with Gasteiger partial charge in [0.1, 0.15) is 0 Å². The van der Waals surface area contributed by atoms with E-state index in [9.17, 15) is 0 Å². The summed E-state index contributed by atoms with van der Waals surface area (Å²) in [6, 6.07) is 8.22. The molecule has 1 heterocycles. The third kappa shape index (κ3) is 5.99. The highest BCUT2D eigenvalue weighted by Crippen LogP contribution is 2.22. The van der Waals surface area contributed by atoms with Crippen LogP contribution in [0, 0.1) is 0 Å². The van der Waals surface area contributed by atoms with Gasteiger partial charge in [-0.1, -0.05) is 18.2 Å². The topological polar surface area (TPSA) is 41.8 Å². The molecule has 0 radical (unpaired) electrons. The van der Waals surface area contributed by atoms with E-state index < -0.39 is 0 Å². The molecule has 0 aliphatic carbocycles. The van der Waals surface area contributed by atoms with Gasteiger partial charge < -0.3 is 9.84 Å². The van der Waals surface area contributed by atoms with Crippen LogP contribution in [0.1, 0.15) is 12.5 Å². The molecule has 1 N–H and O–H groups in total. The maximum absolute atomic E-state index is 7.57. The Morgan fingerprint density at radius 1 is 1.33 bits per heavy atom. The fraction of sp³-hybridized carbons (Fsp3) is 0.417. The van der Waals surface area contributed by atoms with Gasteiger partial charge in [-0.05, 0) is 18.6 Å². The van der Waals surface area contributed by atoms with Crippen LogP contribution in [0.4, 0.5) is 5.69 Å². The number of ether oxygens (including phenoxy) is 1. The fourth-order valence-corrected chi connectivity index (χ4v) is 1.05. The van der Waals surface area contributed by atoms with Gasteiger partial charge in [-0.3, -0.25) is 4.99 Å². The molecule has 0 spiro atoms. The van der Waals surface area contributed by atoms with Crippen LogP contribution < -0.4 is 0 Å². The number of nitrogens with zero attached hydrogens (tertiary/aromatic N) is 1. The Morgan fingerprint density at radius 2 is 1.87 bits per heavy atom. The molecule has 0 bridgehead atoms. The van der Waals surface area contributed by atoms with Crippen LogP contribution in [0.25, 0.3) is 0 Å². The molecule has 0 saturated carbocycles. The zero-order valence-corrected chi connectivity index (χ0v) is 9.60. The van der Waals surface area contributed by atoms with Gasteiger partial charge >= 0.3 is 0 Å². The maximum Gasteiger partial charge on any atom is 0.0661 e. The lowest BCUT2D eigenvalue weighted by molar-refractivity contribution is 0.277. The van der Waals surface area contributed by atoms with E-state index in [1.54, 1.807) is 21.1 Å². The Bertz CT molecular complexity index is 283. The van der Waals surface area contributed by atoms with E-state index in [1.807, 2.05) is 24.4 Å². The minimum atomic E-state index is 0.250. The summed E-state index contributed by atoms with van der Waals surface area (Å²) in [6.45, 7) is 1.93. The van der Waals surface area contributed by atoms with Crippen LogP contribution in [-0.2, 0) is 11.2 Å². The summed E-state index contributed by atoms with van der Waals surface area (Å²) in [7, 11) is 3.25. The molecule has 1 aliphatic rings. The summed E-state index contributed by atoms with van der Waals surface area (Å²) in [6.07, 6.45) is 2.96. The van der Waals surface area contributed by atoms with E-state index >= 15 is 0 Å². The number of rotatable bonds is 0. The van der Waals surface area contributed by atoms with Crippen molar-refractivity contribution in [1.29, 1.82) is 0 Å². The van der Waals surface area contributed by atoms with Gasteiger partial charge in [0.15, 0.2) is 0 Å². The number of hydrogen-bond donors (Lipinski definition) is 1. The molecular weight excluding hydrogens is 190 g/mol. The summed E-state index contributed by atoms with van der Waals surface area (Å²) in [5, 5.41) is 7.57. The average molecular weight is 209 g/mol. The van der Waals surface area contributed by atoms with Crippen molar-refractivity contribution < 1.29 is 9.84 Å². The summed E-state index contributed by atoms with van der Waals surface area (Å²) in [4.78, 5) is 4.17. The number of para-hydroxylation sites is 1. The summed E-state index contributed by atoms with van der Waals surface area (Å²) in [5.41, 5.74) is 2.48. The SMILES string of the molecule is C1=Nc2ccccc2C1.CCO.COC. The van der Waals surface area contributed by atoms with Crippen LogP contribution in [0.3, 0.4) is 0 Å². The first kappa shape index (κ1) is 13.8. The van der Waals surface area contributed by atoms with Crippen molar-refractivity contribution in [1.82, 2.24) is 0 Å². The zero-order chi connectivity index (χ0) is 11.5. The van der Waals surface area contributed by atoms with E-state index in [2.05, 4.69) is 15.8 Å². The van der Waals surface area contributed by atoms with Gasteiger partial charge in [0.2, 0.25) is 0 Å². The molecule has 1 aromatic rings. The number of aliphatic hydroxyl groups is 1. The molecular formula is C12H19NO2. The monoisotopic (exact) mass is 209 g/mol. The zero-order valence-electron chi connectivity index (χ0n) is 9.60. The summed E-state index contributed by atoms with van der Waals surface area (Å²) < 4.78 is 4.25. The Hall–Kier alpha value is -1.19. The van der Waals surface area contributed by atoms with Crippen molar-refractivity contribution in [3.8, 4) is 0 Å². The highest BCUT2D eigenvalue weighted by Gasteiger charge is 2.01. The maximum atomic E-state index is 7.57. The molecule has 3 nitrogen and oxygen atoms in total. The van der Waals surface area contributed by atoms with E-state index in [0.717, 1.165) is 12.1 Å². The summed E-state index contributed by atoms with van der Waals surface area (Å²) >= 11 is 0. The standard InChI is InChI=1S/C8H7N.2C2H6O/c1-2-4-8-7(3-1)5-6-9-8;1-3-2;1-2-3/h1-4,6H,5H2;1-2H3;3H,2H2,1H3. The second kappa shape index (κ2) is 9.37.